The molecule has 1 aromatic heterocycles. The van der Waals surface area contributed by atoms with Gasteiger partial charge >= 0.3 is 0 Å². The van der Waals surface area contributed by atoms with Crippen molar-refractivity contribution in [2.75, 3.05) is 10.6 Å². The summed E-state index contributed by atoms with van der Waals surface area (Å²) in [4.78, 5) is 16.5. The van der Waals surface area contributed by atoms with E-state index in [1.54, 1.807) is 54.7 Å². The van der Waals surface area contributed by atoms with Gasteiger partial charge < -0.3 is 10.6 Å². The molecule has 0 saturated heterocycles. The first kappa shape index (κ1) is 16.7. The molecule has 0 unspecified atom stereocenters. The van der Waals surface area contributed by atoms with Crippen molar-refractivity contribution in [1.29, 1.82) is 10.5 Å². The van der Waals surface area contributed by atoms with Crippen LogP contribution in [-0.4, -0.2) is 10.9 Å². The number of para-hydroxylation sites is 1. The van der Waals surface area contributed by atoms with Gasteiger partial charge in [0.25, 0.3) is 5.91 Å². The molecule has 0 aliphatic carbocycles. The number of carbonyl (C=O) groups excluding carboxylic acids is 1. The van der Waals surface area contributed by atoms with Gasteiger partial charge in [-0.2, -0.15) is 10.5 Å². The largest absolute Gasteiger partial charge is 0.354 e. The maximum Gasteiger partial charge on any atom is 0.257 e. The Morgan fingerprint density at radius 2 is 1.77 bits per heavy atom. The number of anilines is 3. The smallest absolute Gasteiger partial charge is 0.257 e. The molecule has 26 heavy (non-hydrogen) atoms. The summed E-state index contributed by atoms with van der Waals surface area (Å²) in [6.45, 7) is 0. The Labute approximate surface area is 150 Å². The van der Waals surface area contributed by atoms with E-state index in [1.807, 2.05) is 12.1 Å². The van der Waals surface area contributed by atoms with Gasteiger partial charge in [0.15, 0.2) is 0 Å². The molecule has 2 N–H and O–H groups in total. The number of amides is 1. The lowest BCUT2D eigenvalue weighted by molar-refractivity contribution is 0.102. The van der Waals surface area contributed by atoms with E-state index in [1.165, 1.54) is 6.20 Å². The maximum atomic E-state index is 12.5. The van der Waals surface area contributed by atoms with Crippen LogP contribution in [0.3, 0.4) is 0 Å². The van der Waals surface area contributed by atoms with Gasteiger partial charge in [-0.3, -0.25) is 9.78 Å². The normalized spacial score (nSPS) is 9.62. The summed E-state index contributed by atoms with van der Waals surface area (Å²) in [6, 6.07) is 19.5. The van der Waals surface area contributed by atoms with E-state index in [4.69, 9.17) is 10.5 Å². The topological polar surface area (TPSA) is 102 Å². The molecule has 1 heterocycles. The molecule has 0 aliphatic heterocycles. The Bertz CT molecular complexity index is 1050. The molecule has 3 rings (SSSR count). The van der Waals surface area contributed by atoms with Crippen LogP contribution in [0.4, 0.5) is 17.1 Å². The predicted molar refractivity (Wildman–Crippen MR) is 97.8 cm³/mol. The van der Waals surface area contributed by atoms with E-state index in [2.05, 4.69) is 21.7 Å². The number of hydrogen-bond donors (Lipinski definition) is 2. The molecule has 1 amide bonds. The molecule has 0 bridgehead atoms. The minimum atomic E-state index is -0.366. The van der Waals surface area contributed by atoms with E-state index < -0.39 is 0 Å². The van der Waals surface area contributed by atoms with Crippen LogP contribution in [0.2, 0.25) is 0 Å². The average molecular weight is 339 g/mol. The summed E-state index contributed by atoms with van der Waals surface area (Å²) in [5.41, 5.74) is 3.04. The van der Waals surface area contributed by atoms with Gasteiger partial charge in [0.1, 0.15) is 6.07 Å². The SMILES string of the molecule is N#Cc1cccc(Nc2cncc(C(=O)Nc3ccccc3C#N)c2)c1. The predicted octanol–water partition coefficient (Wildman–Crippen LogP) is 3.82. The Kier molecular flexibility index (Phi) is 4.88. The number of carbonyl (C=O) groups is 1. The second-order valence-corrected chi connectivity index (χ2v) is 5.39. The van der Waals surface area contributed by atoms with Gasteiger partial charge in [0, 0.05) is 11.9 Å². The van der Waals surface area contributed by atoms with E-state index in [9.17, 15) is 4.79 Å². The minimum absolute atomic E-state index is 0.346. The van der Waals surface area contributed by atoms with Crippen molar-refractivity contribution in [3.8, 4) is 12.1 Å². The molecule has 0 aliphatic rings. The van der Waals surface area contributed by atoms with Gasteiger partial charge in [-0.1, -0.05) is 18.2 Å². The van der Waals surface area contributed by atoms with Crippen LogP contribution in [0.5, 0.6) is 0 Å². The second kappa shape index (κ2) is 7.61. The summed E-state index contributed by atoms with van der Waals surface area (Å²) >= 11 is 0. The molecular weight excluding hydrogens is 326 g/mol. The quantitative estimate of drug-likeness (QED) is 0.752. The van der Waals surface area contributed by atoms with Gasteiger partial charge in [-0.05, 0) is 36.4 Å². The molecule has 0 radical (unpaired) electrons. The summed E-state index contributed by atoms with van der Waals surface area (Å²) in [7, 11) is 0. The van der Waals surface area contributed by atoms with Crippen molar-refractivity contribution < 1.29 is 4.79 Å². The summed E-state index contributed by atoms with van der Waals surface area (Å²) in [5.74, 6) is -0.366. The van der Waals surface area contributed by atoms with Crippen molar-refractivity contribution >= 4 is 23.0 Å². The fourth-order valence-corrected chi connectivity index (χ4v) is 2.35. The molecule has 0 saturated carbocycles. The third-order valence-corrected chi connectivity index (χ3v) is 3.58. The summed E-state index contributed by atoms with van der Waals surface area (Å²) in [6.07, 6.45) is 3.03. The number of pyridine rings is 1. The molecule has 0 spiro atoms. The minimum Gasteiger partial charge on any atom is -0.354 e. The molecule has 6 nitrogen and oxygen atoms in total. The van der Waals surface area contributed by atoms with Crippen LogP contribution in [0, 0.1) is 22.7 Å². The fourth-order valence-electron chi connectivity index (χ4n) is 2.35. The highest BCUT2D eigenvalue weighted by atomic mass is 16.1. The Hall–Kier alpha value is -4.16. The highest BCUT2D eigenvalue weighted by Crippen LogP contribution is 2.19. The van der Waals surface area contributed by atoms with E-state index >= 15 is 0 Å². The van der Waals surface area contributed by atoms with Crippen LogP contribution in [0.25, 0.3) is 0 Å². The second-order valence-electron chi connectivity index (χ2n) is 5.39. The highest BCUT2D eigenvalue weighted by Gasteiger charge is 2.10. The van der Waals surface area contributed by atoms with E-state index in [0.717, 1.165) is 5.69 Å². The number of benzene rings is 2. The van der Waals surface area contributed by atoms with Crippen LogP contribution in [-0.2, 0) is 0 Å². The Morgan fingerprint density at radius 3 is 2.58 bits per heavy atom. The summed E-state index contributed by atoms with van der Waals surface area (Å²) < 4.78 is 0. The standard InChI is InChI=1S/C20H13N5O/c21-10-14-4-3-6-17(8-14)24-18-9-16(12-23-13-18)20(26)25-19-7-2-1-5-15(19)11-22/h1-9,12-13,24H,(H,25,26). The van der Waals surface area contributed by atoms with Crippen LogP contribution in [0.15, 0.2) is 67.0 Å². The number of hydrogen-bond acceptors (Lipinski definition) is 5. The van der Waals surface area contributed by atoms with Crippen molar-refractivity contribution in [3.63, 3.8) is 0 Å². The number of nitriles is 2. The number of nitrogens with one attached hydrogen (secondary N) is 2. The van der Waals surface area contributed by atoms with Gasteiger partial charge in [-0.25, -0.2) is 0 Å². The monoisotopic (exact) mass is 339 g/mol. The Morgan fingerprint density at radius 1 is 0.923 bits per heavy atom. The van der Waals surface area contributed by atoms with Crippen molar-refractivity contribution in [1.82, 2.24) is 4.98 Å². The van der Waals surface area contributed by atoms with E-state index in [-0.39, 0.29) is 5.91 Å². The molecule has 3 aromatic rings. The Balaban J connectivity index is 1.79. The fraction of sp³-hybridized carbons (Fsp3) is 0. The average Bonchev–Trinajstić information content (AvgIpc) is 2.68. The lowest BCUT2D eigenvalue weighted by Crippen LogP contribution is -2.13. The van der Waals surface area contributed by atoms with Gasteiger partial charge in [0.05, 0.1) is 40.3 Å². The molecule has 0 fully saturated rings. The summed E-state index contributed by atoms with van der Waals surface area (Å²) in [5, 5.41) is 23.9. The number of nitrogens with zero attached hydrogens (tertiary/aromatic N) is 3. The zero-order valence-electron chi connectivity index (χ0n) is 13.6. The third kappa shape index (κ3) is 3.84. The highest BCUT2D eigenvalue weighted by molar-refractivity contribution is 6.05. The first-order valence-electron chi connectivity index (χ1n) is 7.72. The van der Waals surface area contributed by atoms with Crippen molar-refractivity contribution in [3.05, 3.63) is 83.7 Å². The van der Waals surface area contributed by atoms with Gasteiger partial charge in [0.2, 0.25) is 0 Å². The lowest BCUT2D eigenvalue weighted by Gasteiger charge is -2.09. The van der Waals surface area contributed by atoms with Crippen molar-refractivity contribution in [2.24, 2.45) is 0 Å². The third-order valence-electron chi connectivity index (χ3n) is 3.58. The maximum absolute atomic E-state index is 12.5. The number of rotatable bonds is 4. The van der Waals surface area contributed by atoms with Crippen LogP contribution < -0.4 is 10.6 Å². The van der Waals surface area contributed by atoms with Crippen LogP contribution in [0.1, 0.15) is 21.5 Å². The zero-order valence-corrected chi connectivity index (χ0v) is 13.6. The molecule has 6 heteroatoms. The first-order chi connectivity index (χ1) is 12.7. The first-order valence-corrected chi connectivity index (χ1v) is 7.72. The molecule has 124 valence electrons. The zero-order chi connectivity index (χ0) is 18.4. The number of aromatic nitrogens is 1. The lowest BCUT2D eigenvalue weighted by atomic mass is 10.1. The van der Waals surface area contributed by atoms with Crippen LogP contribution >= 0.6 is 0 Å². The molecular formula is C20H13N5O. The van der Waals surface area contributed by atoms with Gasteiger partial charge in [-0.15, -0.1) is 0 Å². The van der Waals surface area contributed by atoms with Crippen molar-refractivity contribution in [2.45, 2.75) is 0 Å². The molecule has 2 aromatic carbocycles. The molecule has 0 atom stereocenters. The van der Waals surface area contributed by atoms with E-state index in [0.29, 0.717) is 28.1 Å².